The number of carbonyl (C=O) groups is 1. The fourth-order valence-electron chi connectivity index (χ4n) is 5.11. The number of amides is 1. The van der Waals surface area contributed by atoms with E-state index >= 15 is 0 Å². The normalized spacial score (nSPS) is 32.1. The molecule has 0 unspecified atom stereocenters. The molecule has 140 valence electrons. The molecule has 3 aliphatic rings. The van der Waals surface area contributed by atoms with Crippen molar-refractivity contribution in [1.82, 2.24) is 10.2 Å². The summed E-state index contributed by atoms with van der Waals surface area (Å²) in [6.45, 7) is 5.47. The lowest BCUT2D eigenvalue weighted by atomic mass is 9.77. The fourth-order valence-corrected chi connectivity index (χ4v) is 5.11. The molecule has 2 aliphatic carbocycles. The second-order valence-corrected chi connectivity index (χ2v) is 8.57. The van der Waals surface area contributed by atoms with E-state index in [0.29, 0.717) is 18.5 Å². The van der Waals surface area contributed by atoms with Crippen LogP contribution >= 0.6 is 0 Å². The summed E-state index contributed by atoms with van der Waals surface area (Å²) < 4.78 is 0. The van der Waals surface area contributed by atoms with Crippen molar-refractivity contribution in [2.24, 2.45) is 11.8 Å². The Balaban J connectivity index is 1.58. The highest BCUT2D eigenvalue weighted by Crippen LogP contribution is 2.38. The summed E-state index contributed by atoms with van der Waals surface area (Å²) in [5.74, 6) is 1.71. The van der Waals surface area contributed by atoms with Crippen molar-refractivity contribution in [3.63, 3.8) is 0 Å². The predicted octanol–water partition coefficient (Wildman–Crippen LogP) is 4.64. The third kappa shape index (κ3) is 3.34. The second-order valence-electron chi connectivity index (χ2n) is 8.57. The average molecular weight is 353 g/mol. The molecule has 0 radical (unpaired) electrons. The number of nitrogens with zero attached hydrogens (tertiary/aromatic N) is 1. The fraction of sp³-hybridized carbons (Fsp3) is 0.609. The Bertz CT molecular complexity index is 681. The van der Waals surface area contributed by atoms with E-state index in [1.807, 2.05) is 6.07 Å². The Labute approximate surface area is 157 Å². The van der Waals surface area contributed by atoms with Gasteiger partial charge < -0.3 is 4.90 Å². The second kappa shape index (κ2) is 7.56. The van der Waals surface area contributed by atoms with Gasteiger partial charge in [-0.2, -0.15) is 0 Å². The zero-order valence-electron chi connectivity index (χ0n) is 16.2. The van der Waals surface area contributed by atoms with Gasteiger partial charge in [-0.1, -0.05) is 57.0 Å². The molecule has 1 amide bonds. The van der Waals surface area contributed by atoms with Crippen LogP contribution in [0, 0.1) is 11.8 Å². The van der Waals surface area contributed by atoms with E-state index in [1.165, 1.54) is 36.8 Å². The zero-order chi connectivity index (χ0) is 18.1. The summed E-state index contributed by atoms with van der Waals surface area (Å²) in [4.78, 5) is 15.3. The molecule has 0 aromatic heterocycles. The van der Waals surface area contributed by atoms with Crippen molar-refractivity contribution in [1.29, 1.82) is 0 Å². The minimum Gasteiger partial charge on any atom is -0.315 e. The molecule has 1 fully saturated rings. The Hall–Kier alpha value is -1.61. The summed E-state index contributed by atoms with van der Waals surface area (Å²) in [5.41, 5.74) is 3.72. The molecule has 1 heterocycles. The lowest BCUT2D eigenvalue weighted by Crippen LogP contribution is -2.52. The van der Waals surface area contributed by atoms with E-state index in [4.69, 9.17) is 0 Å². The van der Waals surface area contributed by atoms with E-state index in [-0.39, 0.29) is 12.1 Å². The smallest absolute Gasteiger partial charge is 0.251 e. The number of rotatable bonds is 4. The third-order valence-electron chi connectivity index (χ3n) is 6.95. The molecule has 4 atom stereocenters. The van der Waals surface area contributed by atoms with Crippen LogP contribution in [0.15, 0.2) is 41.5 Å². The first-order chi connectivity index (χ1) is 12.6. The molecule has 1 aliphatic heterocycles. The zero-order valence-corrected chi connectivity index (χ0v) is 16.2. The quantitative estimate of drug-likeness (QED) is 0.856. The summed E-state index contributed by atoms with van der Waals surface area (Å²) in [5, 5.41) is 3.95. The van der Waals surface area contributed by atoms with E-state index in [0.717, 1.165) is 30.8 Å². The molecule has 0 saturated heterocycles. The molecule has 0 spiro atoms. The molecule has 3 heteroatoms. The van der Waals surface area contributed by atoms with Crippen LogP contribution in [0.3, 0.4) is 0 Å². The van der Waals surface area contributed by atoms with Gasteiger partial charge in [0.05, 0.1) is 0 Å². The number of nitrogens with one attached hydrogen (secondary N) is 1. The maximum Gasteiger partial charge on any atom is 0.251 e. The summed E-state index contributed by atoms with van der Waals surface area (Å²) in [6, 6.07) is 11.0. The molecule has 0 bridgehead atoms. The van der Waals surface area contributed by atoms with Crippen molar-refractivity contribution < 1.29 is 4.79 Å². The van der Waals surface area contributed by atoms with Gasteiger partial charge in [0, 0.05) is 18.2 Å². The number of hydrogen-bond donors (Lipinski definition) is 1. The van der Waals surface area contributed by atoms with Crippen molar-refractivity contribution in [2.45, 2.75) is 77.5 Å². The predicted molar refractivity (Wildman–Crippen MR) is 105 cm³/mol. The summed E-state index contributed by atoms with van der Waals surface area (Å²) in [7, 11) is 0. The lowest BCUT2D eigenvalue weighted by molar-refractivity contribution is -0.128. The van der Waals surface area contributed by atoms with Gasteiger partial charge in [0.25, 0.3) is 5.91 Å². The van der Waals surface area contributed by atoms with Crippen LogP contribution in [0.5, 0.6) is 0 Å². The molecule has 26 heavy (non-hydrogen) atoms. The summed E-state index contributed by atoms with van der Waals surface area (Å²) >= 11 is 0. The topological polar surface area (TPSA) is 32.3 Å². The molecule has 3 nitrogen and oxygen atoms in total. The van der Waals surface area contributed by atoms with E-state index in [1.54, 1.807) is 0 Å². The monoisotopic (exact) mass is 352 g/mol. The molecule has 1 N–H and O–H groups in total. The van der Waals surface area contributed by atoms with E-state index < -0.39 is 0 Å². The maximum atomic E-state index is 13.2. The van der Waals surface area contributed by atoms with Crippen LogP contribution in [-0.4, -0.2) is 23.0 Å². The van der Waals surface area contributed by atoms with Crippen LogP contribution in [0.2, 0.25) is 0 Å². The van der Waals surface area contributed by atoms with Crippen molar-refractivity contribution in [3.05, 3.63) is 47.0 Å². The van der Waals surface area contributed by atoms with Crippen molar-refractivity contribution >= 4 is 5.91 Å². The van der Waals surface area contributed by atoms with Gasteiger partial charge >= 0.3 is 0 Å². The molecular formula is C23H32N2O. The minimum absolute atomic E-state index is 0.107. The van der Waals surface area contributed by atoms with Crippen LogP contribution in [0.25, 0.3) is 0 Å². The van der Waals surface area contributed by atoms with Gasteiger partial charge in [-0.3, -0.25) is 10.1 Å². The number of benzene rings is 1. The highest BCUT2D eigenvalue weighted by atomic mass is 16.2. The van der Waals surface area contributed by atoms with Crippen LogP contribution in [-0.2, 0) is 11.3 Å². The van der Waals surface area contributed by atoms with E-state index in [9.17, 15) is 4.79 Å². The Kier molecular flexibility index (Phi) is 5.17. The molecule has 1 aromatic rings. The molecular weight excluding hydrogens is 320 g/mol. The summed E-state index contributed by atoms with van der Waals surface area (Å²) in [6.07, 6.45) is 8.41. The molecule has 4 rings (SSSR count). The van der Waals surface area contributed by atoms with Crippen LogP contribution in [0.4, 0.5) is 0 Å². The van der Waals surface area contributed by atoms with Crippen molar-refractivity contribution in [2.75, 3.05) is 0 Å². The average Bonchev–Trinajstić information content (AvgIpc) is 2.92. The SMILES string of the molecule is C[C@@H]1[C@H](C)CCC[C@@H]1N[C@@H]1C2=C(CCCC2)C(=O)N1Cc1ccccc1. The largest absolute Gasteiger partial charge is 0.315 e. The van der Waals surface area contributed by atoms with Gasteiger partial charge in [-0.15, -0.1) is 0 Å². The Morgan fingerprint density at radius 3 is 2.62 bits per heavy atom. The van der Waals surface area contributed by atoms with Gasteiger partial charge in [0.15, 0.2) is 0 Å². The number of hydrogen-bond acceptors (Lipinski definition) is 2. The maximum absolute atomic E-state index is 13.2. The van der Waals surface area contributed by atoms with Gasteiger partial charge in [-0.05, 0) is 55.1 Å². The van der Waals surface area contributed by atoms with Crippen LogP contribution < -0.4 is 5.32 Å². The van der Waals surface area contributed by atoms with Gasteiger partial charge in [-0.25, -0.2) is 0 Å². The first kappa shape index (κ1) is 17.8. The van der Waals surface area contributed by atoms with Gasteiger partial charge in [0.2, 0.25) is 0 Å². The molecule has 1 aromatic carbocycles. The minimum atomic E-state index is 0.107. The number of carbonyl (C=O) groups excluding carboxylic acids is 1. The highest BCUT2D eigenvalue weighted by molar-refractivity contribution is 5.97. The lowest BCUT2D eigenvalue weighted by Gasteiger charge is -2.39. The van der Waals surface area contributed by atoms with Gasteiger partial charge in [0.1, 0.15) is 6.17 Å². The highest BCUT2D eigenvalue weighted by Gasteiger charge is 2.41. The van der Waals surface area contributed by atoms with E-state index in [2.05, 4.69) is 48.3 Å². The first-order valence-electron chi connectivity index (χ1n) is 10.5. The Morgan fingerprint density at radius 1 is 1.04 bits per heavy atom. The Morgan fingerprint density at radius 2 is 1.81 bits per heavy atom. The third-order valence-corrected chi connectivity index (χ3v) is 6.95. The van der Waals surface area contributed by atoms with Crippen LogP contribution in [0.1, 0.15) is 64.4 Å². The standard InChI is InChI=1S/C23H32N2O/c1-16-9-8-14-21(17(16)2)24-22-19-12-6-7-13-20(19)23(26)25(22)15-18-10-4-3-5-11-18/h3-5,10-11,16-17,21-22,24H,6-9,12-15H2,1-2H3/t16-,17-,21+,22+/m1/s1. The first-order valence-corrected chi connectivity index (χ1v) is 10.5. The molecule has 1 saturated carbocycles. The van der Waals surface area contributed by atoms with Crippen molar-refractivity contribution in [3.8, 4) is 0 Å².